The standard InChI is InChI=1S/C39H61N3O6Si/c1-27(25-46-26-31-20-16-13-17-21-31)32-22-23-42(29(3)41-35(43)28(2)40-37(45)47-38(4,5)6)36(44)33(24-30-18-14-12-15-19-30)34(32)48-49(10,11)39(7,8)9/h12-21,27-29,32-34H,22-26H2,1-11H3,(H,40,45)(H,41,43)/t27-,28?,29+,32?,33?,34?/m0/s1. The van der Waals surface area contributed by atoms with Crippen LogP contribution in [0.15, 0.2) is 60.7 Å². The summed E-state index contributed by atoms with van der Waals surface area (Å²) in [5.74, 6) is -0.788. The van der Waals surface area contributed by atoms with Crippen molar-refractivity contribution in [3.63, 3.8) is 0 Å². The highest BCUT2D eigenvalue weighted by Crippen LogP contribution is 2.42. The number of benzene rings is 2. The summed E-state index contributed by atoms with van der Waals surface area (Å²) in [7, 11) is -2.33. The highest BCUT2D eigenvalue weighted by atomic mass is 28.4. The minimum absolute atomic E-state index is 0.0308. The van der Waals surface area contributed by atoms with Gasteiger partial charge in [0.1, 0.15) is 17.8 Å². The number of nitrogens with one attached hydrogen (secondary N) is 2. The van der Waals surface area contributed by atoms with Gasteiger partial charge in [0.15, 0.2) is 8.32 Å². The number of likely N-dealkylation sites (tertiary alicyclic amines) is 1. The largest absolute Gasteiger partial charge is 0.444 e. The molecule has 1 fully saturated rings. The minimum Gasteiger partial charge on any atom is -0.444 e. The molecular weight excluding hydrogens is 635 g/mol. The Balaban J connectivity index is 1.93. The average Bonchev–Trinajstić information content (AvgIpc) is 3.12. The van der Waals surface area contributed by atoms with E-state index in [1.807, 2.05) is 43.3 Å². The fourth-order valence-electron chi connectivity index (χ4n) is 5.98. The second-order valence-corrected chi connectivity index (χ2v) is 20.9. The maximum absolute atomic E-state index is 14.8. The van der Waals surface area contributed by atoms with E-state index < -0.39 is 44.0 Å². The average molecular weight is 696 g/mol. The molecule has 6 atom stereocenters. The Kier molecular flexibility index (Phi) is 14.1. The number of carbonyl (C=O) groups is 3. The Labute approximate surface area is 296 Å². The normalized spacial score (nSPS) is 20.9. The molecule has 272 valence electrons. The van der Waals surface area contributed by atoms with Crippen molar-refractivity contribution in [2.45, 2.75) is 124 Å². The molecule has 3 amide bonds. The maximum atomic E-state index is 14.8. The van der Waals surface area contributed by atoms with Crippen molar-refractivity contribution in [3.05, 3.63) is 71.8 Å². The lowest BCUT2D eigenvalue weighted by Crippen LogP contribution is -2.56. The van der Waals surface area contributed by atoms with Gasteiger partial charge in [-0.3, -0.25) is 9.59 Å². The molecule has 0 aromatic heterocycles. The predicted octanol–water partition coefficient (Wildman–Crippen LogP) is 7.31. The molecule has 2 aromatic carbocycles. The number of carbonyl (C=O) groups excluding carboxylic acids is 3. The Morgan fingerprint density at radius 2 is 1.47 bits per heavy atom. The van der Waals surface area contributed by atoms with Crippen LogP contribution in [0.1, 0.15) is 79.9 Å². The zero-order valence-corrected chi connectivity index (χ0v) is 32.7. The van der Waals surface area contributed by atoms with Crippen LogP contribution < -0.4 is 10.6 Å². The lowest BCUT2D eigenvalue weighted by Gasteiger charge is -2.44. The van der Waals surface area contributed by atoms with Crippen LogP contribution in [0.2, 0.25) is 18.1 Å². The van der Waals surface area contributed by atoms with Gasteiger partial charge in [-0.15, -0.1) is 0 Å². The van der Waals surface area contributed by atoms with Crippen LogP contribution >= 0.6 is 0 Å². The third kappa shape index (κ3) is 12.0. The fourth-order valence-corrected chi connectivity index (χ4v) is 7.36. The molecule has 0 saturated carbocycles. The molecule has 4 unspecified atom stereocenters. The van der Waals surface area contributed by atoms with Gasteiger partial charge in [-0.05, 0) is 88.6 Å². The van der Waals surface area contributed by atoms with Crippen molar-refractivity contribution >= 4 is 26.2 Å². The molecular formula is C39H61N3O6Si. The van der Waals surface area contributed by atoms with Crippen LogP contribution in [0.5, 0.6) is 0 Å². The molecule has 1 aliphatic rings. The van der Waals surface area contributed by atoms with Gasteiger partial charge in [0.2, 0.25) is 11.8 Å². The minimum atomic E-state index is -2.33. The van der Waals surface area contributed by atoms with Crippen molar-refractivity contribution < 1.29 is 28.3 Å². The first-order chi connectivity index (χ1) is 22.8. The molecule has 0 aliphatic carbocycles. The van der Waals surface area contributed by atoms with Crippen LogP contribution in [0.4, 0.5) is 4.79 Å². The van der Waals surface area contributed by atoms with E-state index in [4.69, 9.17) is 13.9 Å². The summed E-state index contributed by atoms with van der Waals surface area (Å²) in [6, 6.07) is 19.4. The number of hydrogen-bond donors (Lipinski definition) is 2. The molecule has 0 spiro atoms. The first-order valence-corrected chi connectivity index (χ1v) is 20.6. The first kappa shape index (κ1) is 40.2. The summed E-state index contributed by atoms with van der Waals surface area (Å²) in [4.78, 5) is 42.2. The van der Waals surface area contributed by atoms with Gasteiger partial charge < -0.3 is 29.4 Å². The molecule has 1 saturated heterocycles. The second-order valence-electron chi connectivity index (χ2n) is 16.2. The van der Waals surface area contributed by atoms with E-state index in [0.717, 1.165) is 11.1 Å². The zero-order valence-electron chi connectivity index (χ0n) is 31.7. The third-order valence-corrected chi connectivity index (χ3v) is 14.3. The second kappa shape index (κ2) is 17.1. The van der Waals surface area contributed by atoms with Crippen molar-refractivity contribution in [3.8, 4) is 0 Å². The van der Waals surface area contributed by atoms with E-state index in [9.17, 15) is 14.4 Å². The molecule has 49 heavy (non-hydrogen) atoms. The van der Waals surface area contributed by atoms with Crippen molar-refractivity contribution in [2.24, 2.45) is 17.8 Å². The third-order valence-electron chi connectivity index (χ3n) is 9.83. The highest BCUT2D eigenvalue weighted by Gasteiger charge is 2.48. The Bertz CT molecular complexity index is 1360. The van der Waals surface area contributed by atoms with E-state index in [-0.39, 0.29) is 28.9 Å². The van der Waals surface area contributed by atoms with Gasteiger partial charge in [-0.2, -0.15) is 0 Å². The summed E-state index contributed by atoms with van der Waals surface area (Å²) < 4.78 is 18.9. The SMILES string of the molecule is CC(NC(=O)OC(C)(C)C)C(=O)N[C@@H](C)N1CCC([C@@H](C)COCc2ccccc2)C(O[Si](C)(C)C(C)(C)C)C(Cc2ccccc2)C1=O. The van der Waals surface area contributed by atoms with Crippen molar-refractivity contribution in [1.29, 1.82) is 0 Å². The number of alkyl carbamates (subject to hydrolysis) is 1. The van der Waals surface area contributed by atoms with Crippen LogP contribution in [-0.4, -0.2) is 68.2 Å². The van der Waals surface area contributed by atoms with Gasteiger partial charge in [0, 0.05) is 13.2 Å². The predicted molar refractivity (Wildman–Crippen MR) is 197 cm³/mol. The molecule has 3 rings (SSSR count). The number of ether oxygens (including phenoxy) is 2. The number of amides is 3. The Morgan fingerprint density at radius 1 is 0.898 bits per heavy atom. The van der Waals surface area contributed by atoms with E-state index in [1.165, 1.54) is 0 Å². The van der Waals surface area contributed by atoms with E-state index in [2.05, 4.69) is 75.7 Å². The van der Waals surface area contributed by atoms with E-state index in [1.54, 1.807) is 32.6 Å². The van der Waals surface area contributed by atoms with Gasteiger partial charge in [-0.1, -0.05) is 88.4 Å². The first-order valence-electron chi connectivity index (χ1n) is 17.7. The van der Waals surface area contributed by atoms with Crippen molar-refractivity contribution in [1.82, 2.24) is 15.5 Å². The maximum Gasteiger partial charge on any atom is 0.408 e. The molecule has 0 bridgehead atoms. The van der Waals surface area contributed by atoms with Crippen LogP contribution in [0.25, 0.3) is 0 Å². The molecule has 0 radical (unpaired) electrons. The summed E-state index contributed by atoms with van der Waals surface area (Å²) in [5, 5.41) is 5.53. The molecule has 2 N–H and O–H groups in total. The Hall–Kier alpha value is -3.21. The zero-order chi connectivity index (χ0) is 36.6. The summed E-state index contributed by atoms with van der Waals surface area (Å²) in [6.45, 7) is 23.6. The van der Waals surface area contributed by atoms with Crippen LogP contribution in [0, 0.1) is 17.8 Å². The molecule has 10 heteroatoms. The van der Waals surface area contributed by atoms with E-state index >= 15 is 0 Å². The highest BCUT2D eigenvalue weighted by molar-refractivity contribution is 6.74. The smallest absolute Gasteiger partial charge is 0.408 e. The van der Waals surface area contributed by atoms with Gasteiger partial charge in [-0.25, -0.2) is 4.79 Å². The van der Waals surface area contributed by atoms with Crippen molar-refractivity contribution in [2.75, 3.05) is 13.2 Å². The molecule has 1 aliphatic heterocycles. The number of hydrogen-bond acceptors (Lipinski definition) is 6. The van der Waals surface area contributed by atoms with Gasteiger partial charge >= 0.3 is 6.09 Å². The number of rotatable bonds is 13. The van der Waals surface area contributed by atoms with E-state index in [0.29, 0.717) is 32.6 Å². The summed E-state index contributed by atoms with van der Waals surface area (Å²) >= 11 is 0. The fraction of sp³-hybridized carbons (Fsp3) is 0.615. The number of nitrogens with zero attached hydrogens (tertiary/aromatic N) is 1. The summed E-state index contributed by atoms with van der Waals surface area (Å²) in [6.07, 6.45) is -0.421. The van der Waals surface area contributed by atoms with Crippen LogP contribution in [-0.2, 0) is 36.5 Å². The topological polar surface area (TPSA) is 106 Å². The molecule has 1 heterocycles. The van der Waals surface area contributed by atoms with Gasteiger partial charge in [0.05, 0.1) is 18.6 Å². The molecule has 9 nitrogen and oxygen atoms in total. The molecule has 2 aromatic rings. The van der Waals surface area contributed by atoms with Crippen LogP contribution in [0.3, 0.4) is 0 Å². The monoisotopic (exact) mass is 695 g/mol. The quantitative estimate of drug-likeness (QED) is 0.213. The Morgan fingerprint density at radius 3 is 2.02 bits per heavy atom. The lowest BCUT2D eigenvalue weighted by atomic mass is 9.79. The lowest BCUT2D eigenvalue weighted by molar-refractivity contribution is -0.141. The van der Waals surface area contributed by atoms with Gasteiger partial charge in [0.25, 0.3) is 0 Å². The summed E-state index contributed by atoms with van der Waals surface area (Å²) in [5.41, 5.74) is 1.49.